The van der Waals surface area contributed by atoms with Crippen LogP contribution in [0, 0.1) is 0 Å². The van der Waals surface area contributed by atoms with Gasteiger partial charge in [-0.25, -0.2) is 4.79 Å². The molecule has 76 valence electrons. The topological polar surface area (TPSA) is 66.8 Å². The monoisotopic (exact) mass is 260 g/mol. The van der Waals surface area contributed by atoms with Crippen LogP contribution in [0.3, 0.4) is 0 Å². The molecule has 1 atom stereocenters. The predicted octanol–water partition coefficient (Wildman–Crippen LogP) is 1.27. The number of hydrogen-bond acceptors (Lipinski definition) is 3. The highest BCUT2D eigenvalue weighted by Gasteiger charge is 2.17. The number of aliphatic hydroxyl groups is 1. The Bertz CT molecular complexity index is 309. The third-order valence-corrected chi connectivity index (χ3v) is 2.06. The summed E-state index contributed by atoms with van der Waals surface area (Å²) >= 11 is 3.24. The Kier molecular flexibility index (Phi) is 3.91. The van der Waals surface area contributed by atoms with Crippen LogP contribution in [0.4, 0.5) is 0 Å². The summed E-state index contributed by atoms with van der Waals surface area (Å²) in [5, 5.41) is 17.3. The largest absolute Gasteiger partial charge is 0.478 e. The summed E-state index contributed by atoms with van der Waals surface area (Å²) in [6.45, 7) is -0.550. The number of rotatable bonds is 4. The number of carboxylic acid groups (broad SMARTS) is 1. The molecule has 0 bridgehead atoms. The van der Waals surface area contributed by atoms with Crippen LogP contribution in [0.15, 0.2) is 28.7 Å². The molecular formula is C9H9BrO4. The van der Waals surface area contributed by atoms with Gasteiger partial charge < -0.3 is 14.9 Å². The maximum Gasteiger partial charge on any atom is 0.347 e. The smallest absolute Gasteiger partial charge is 0.347 e. The van der Waals surface area contributed by atoms with Gasteiger partial charge >= 0.3 is 5.97 Å². The molecule has 0 aliphatic carbocycles. The van der Waals surface area contributed by atoms with Gasteiger partial charge in [-0.15, -0.1) is 0 Å². The van der Waals surface area contributed by atoms with Crippen LogP contribution in [0.5, 0.6) is 5.75 Å². The third-order valence-electron chi connectivity index (χ3n) is 1.53. The van der Waals surface area contributed by atoms with E-state index in [1.54, 1.807) is 24.3 Å². The van der Waals surface area contributed by atoms with E-state index >= 15 is 0 Å². The molecule has 0 amide bonds. The molecule has 0 saturated heterocycles. The van der Waals surface area contributed by atoms with Gasteiger partial charge in [-0.05, 0) is 24.3 Å². The SMILES string of the molecule is O=C(O)[C@H](CO)Oc1ccc(Br)cc1. The minimum atomic E-state index is -1.21. The van der Waals surface area contributed by atoms with Crippen molar-refractivity contribution in [2.24, 2.45) is 0 Å². The fraction of sp³-hybridized carbons (Fsp3) is 0.222. The van der Waals surface area contributed by atoms with Crippen molar-refractivity contribution in [3.63, 3.8) is 0 Å². The number of carboxylic acids is 1. The highest BCUT2D eigenvalue weighted by molar-refractivity contribution is 9.10. The van der Waals surface area contributed by atoms with Crippen molar-refractivity contribution < 1.29 is 19.7 Å². The van der Waals surface area contributed by atoms with Crippen LogP contribution >= 0.6 is 15.9 Å². The first-order valence-electron chi connectivity index (χ1n) is 3.89. The van der Waals surface area contributed by atoms with Gasteiger partial charge in [-0.1, -0.05) is 15.9 Å². The second kappa shape index (κ2) is 4.97. The first-order chi connectivity index (χ1) is 6.63. The van der Waals surface area contributed by atoms with Crippen molar-refractivity contribution in [3.8, 4) is 5.75 Å². The molecule has 0 spiro atoms. The molecule has 2 N–H and O–H groups in total. The molecule has 0 saturated carbocycles. The zero-order chi connectivity index (χ0) is 10.6. The molecule has 1 aromatic rings. The van der Waals surface area contributed by atoms with E-state index in [0.29, 0.717) is 5.75 Å². The van der Waals surface area contributed by atoms with Crippen LogP contribution < -0.4 is 4.74 Å². The minimum Gasteiger partial charge on any atom is -0.478 e. The van der Waals surface area contributed by atoms with Gasteiger partial charge in [0.05, 0.1) is 6.61 Å². The molecule has 0 aliphatic heterocycles. The number of carbonyl (C=O) groups is 1. The molecule has 1 aromatic carbocycles. The van der Waals surface area contributed by atoms with Crippen molar-refractivity contribution in [3.05, 3.63) is 28.7 Å². The lowest BCUT2D eigenvalue weighted by Gasteiger charge is -2.11. The fourth-order valence-corrected chi connectivity index (χ4v) is 1.11. The van der Waals surface area contributed by atoms with Crippen molar-refractivity contribution in [1.29, 1.82) is 0 Å². The summed E-state index contributed by atoms with van der Waals surface area (Å²) in [6, 6.07) is 6.70. The van der Waals surface area contributed by atoms with Gasteiger partial charge in [0.1, 0.15) is 5.75 Å². The Hall–Kier alpha value is -1.07. The quantitative estimate of drug-likeness (QED) is 0.856. The maximum atomic E-state index is 10.5. The van der Waals surface area contributed by atoms with E-state index < -0.39 is 18.7 Å². The summed E-state index contributed by atoms with van der Waals surface area (Å²) in [7, 11) is 0. The van der Waals surface area contributed by atoms with Crippen LogP contribution in [0.2, 0.25) is 0 Å². The van der Waals surface area contributed by atoms with Crippen molar-refractivity contribution in [2.75, 3.05) is 6.61 Å². The number of aliphatic carboxylic acids is 1. The van der Waals surface area contributed by atoms with Crippen molar-refractivity contribution in [2.45, 2.75) is 6.10 Å². The van der Waals surface area contributed by atoms with Crippen molar-refractivity contribution in [1.82, 2.24) is 0 Å². The Morgan fingerprint density at radius 2 is 2.00 bits per heavy atom. The van der Waals surface area contributed by atoms with E-state index in [4.69, 9.17) is 14.9 Å². The molecule has 0 radical (unpaired) electrons. The van der Waals surface area contributed by atoms with Gasteiger partial charge in [-0.2, -0.15) is 0 Å². The van der Waals surface area contributed by atoms with E-state index in [1.807, 2.05) is 0 Å². The zero-order valence-corrected chi connectivity index (χ0v) is 8.77. The zero-order valence-electron chi connectivity index (χ0n) is 7.18. The average molecular weight is 261 g/mol. The first-order valence-corrected chi connectivity index (χ1v) is 4.68. The van der Waals surface area contributed by atoms with Gasteiger partial charge in [0.2, 0.25) is 6.10 Å². The highest BCUT2D eigenvalue weighted by Crippen LogP contribution is 2.17. The molecule has 0 aliphatic rings. The van der Waals surface area contributed by atoms with Crippen LogP contribution in [0.25, 0.3) is 0 Å². The average Bonchev–Trinajstić information content (AvgIpc) is 2.16. The lowest BCUT2D eigenvalue weighted by molar-refractivity contribution is -0.146. The Morgan fingerprint density at radius 3 is 2.43 bits per heavy atom. The molecule has 0 heterocycles. The minimum absolute atomic E-state index is 0.412. The number of ether oxygens (including phenoxy) is 1. The van der Waals surface area contributed by atoms with Crippen LogP contribution in [-0.2, 0) is 4.79 Å². The summed E-state index contributed by atoms with van der Waals surface area (Å²) in [5.41, 5.74) is 0. The molecular weight excluding hydrogens is 252 g/mol. The summed E-state index contributed by atoms with van der Waals surface area (Å²) in [6.07, 6.45) is -1.21. The van der Waals surface area contributed by atoms with Crippen LogP contribution in [0.1, 0.15) is 0 Å². The molecule has 0 unspecified atom stereocenters. The first kappa shape index (κ1) is 11.0. The van der Waals surface area contributed by atoms with E-state index in [1.165, 1.54) is 0 Å². The number of benzene rings is 1. The number of aliphatic hydroxyl groups excluding tert-OH is 1. The number of hydrogen-bond donors (Lipinski definition) is 2. The fourth-order valence-electron chi connectivity index (χ4n) is 0.843. The molecule has 1 rings (SSSR count). The summed E-state index contributed by atoms with van der Waals surface area (Å²) in [5.74, 6) is -0.773. The Balaban J connectivity index is 2.67. The summed E-state index contributed by atoms with van der Waals surface area (Å²) in [4.78, 5) is 10.5. The van der Waals surface area contributed by atoms with Crippen molar-refractivity contribution >= 4 is 21.9 Å². The lowest BCUT2D eigenvalue weighted by Crippen LogP contribution is -2.30. The maximum absolute atomic E-state index is 10.5. The second-order valence-electron chi connectivity index (χ2n) is 2.58. The second-order valence-corrected chi connectivity index (χ2v) is 3.50. The number of halogens is 1. The summed E-state index contributed by atoms with van der Waals surface area (Å²) < 4.78 is 5.89. The molecule has 14 heavy (non-hydrogen) atoms. The van der Waals surface area contributed by atoms with Gasteiger partial charge in [0.25, 0.3) is 0 Å². The Morgan fingerprint density at radius 1 is 1.43 bits per heavy atom. The standard InChI is InChI=1S/C9H9BrO4/c10-6-1-3-7(4-2-6)14-8(5-11)9(12)13/h1-4,8,11H,5H2,(H,12,13)/t8-/m0/s1. The van der Waals surface area contributed by atoms with E-state index in [2.05, 4.69) is 15.9 Å². The molecule has 0 fully saturated rings. The van der Waals surface area contributed by atoms with Gasteiger partial charge in [0.15, 0.2) is 0 Å². The van der Waals surface area contributed by atoms with E-state index in [9.17, 15) is 4.79 Å². The molecule has 5 heteroatoms. The Labute approximate surface area is 89.3 Å². The molecule has 0 aromatic heterocycles. The van der Waals surface area contributed by atoms with Crippen LogP contribution in [-0.4, -0.2) is 28.9 Å². The van der Waals surface area contributed by atoms with E-state index in [-0.39, 0.29) is 0 Å². The third kappa shape index (κ3) is 3.01. The highest BCUT2D eigenvalue weighted by atomic mass is 79.9. The normalized spacial score (nSPS) is 12.1. The van der Waals surface area contributed by atoms with E-state index in [0.717, 1.165) is 4.47 Å². The predicted molar refractivity (Wildman–Crippen MR) is 53.3 cm³/mol. The molecule has 4 nitrogen and oxygen atoms in total. The van der Waals surface area contributed by atoms with Gasteiger partial charge in [0, 0.05) is 4.47 Å². The van der Waals surface area contributed by atoms with Gasteiger partial charge in [-0.3, -0.25) is 0 Å². The lowest BCUT2D eigenvalue weighted by atomic mass is 10.3.